The Bertz CT molecular complexity index is 289. The number of sulfone groups is 1. The van der Waals surface area contributed by atoms with Crippen molar-refractivity contribution in [3.05, 3.63) is 0 Å². The summed E-state index contributed by atoms with van der Waals surface area (Å²) in [7, 11) is -3.13. The molecule has 0 aliphatic heterocycles. The van der Waals surface area contributed by atoms with Crippen molar-refractivity contribution in [3.8, 4) is 0 Å². The molecule has 1 aliphatic carbocycles. The highest BCUT2D eigenvalue weighted by Crippen LogP contribution is 2.36. The molecule has 1 saturated carbocycles. The SMILES string of the molecule is CS(=O)(=O)C1(C(N)=S)CCCC1. The van der Waals surface area contributed by atoms with Gasteiger partial charge in [-0.3, -0.25) is 0 Å². The van der Waals surface area contributed by atoms with Gasteiger partial charge in [0.05, 0.1) is 4.99 Å². The Morgan fingerprint density at radius 3 is 2.00 bits per heavy atom. The van der Waals surface area contributed by atoms with Gasteiger partial charge in [0.1, 0.15) is 4.75 Å². The van der Waals surface area contributed by atoms with Crippen LogP contribution in [0, 0.1) is 0 Å². The van der Waals surface area contributed by atoms with Crippen LogP contribution in [-0.2, 0) is 9.84 Å². The van der Waals surface area contributed by atoms with E-state index in [-0.39, 0.29) is 4.99 Å². The van der Waals surface area contributed by atoms with Gasteiger partial charge in [0, 0.05) is 6.26 Å². The van der Waals surface area contributed by atoms with Gasteiger partial charge in [0.25, 0.3) is 0 Å². The molecule has 12 heavy (non-hydrogen) atoms. The van der Waals surface area contributed by atoms with E-state index in [0.29, 0.717) is 12.8 Å². The summed E-state index contributed by atoms with van der Waals surface area (Å²) in [6.45, 7) is 0. The molecule has 0 unspecified atom stereocenters. The first-order chi connectivity index (χ1) is 5.40. The lowest BCUT2D eigenvalue weighted by atomic mass is 10.1. The molecule has 0 bridgehead atoms. The van der Waals surface area contributed by atoms with Crippen LogP contribution >= 0.6 is 12.2 Å². The largest absolute Gasteiger partial charge is 0.392 e. The lowest BCUT2D eigenvalue weighted by Crippen LogP contribution is -2.46. The smallest absolute Gasteiger partial charge is 0.159 e. The molecular formula is C7H13NO2S2. The fourth-order valence-corrected chi connectivity index (χ4v) is 3.80. The van der Waals surface area contributed by atoms with E-state index in [1.807, 2.05) is 0 Å². The summed E-state index contributed by atoms with van der Waals surface area (Å²) in [6.07, 6.45) is 4.23. The third-order valence-corrected chi connectivity index (χ3v) is 5.14. The third kappa shape index (κ3) is 1.35. The quantitative estimate of drug-likeness (QED) is 0.675. The van der Waals surface area contributed by atoms with Crippen molar-refractivity contribution in [1.29, 1.82) is 0 Å². The Morgan fingerprint density at radius 1 is 1.42 bits per heavy atom. The van der Waals surface area contributed by atoms with Crippen molar-refractivity contribution in [3.63, 3.8) is 0 Å². The number of rotatable bonds is 2. The zero-order valence-electron chi connectivity index (χ0n) is 7.04. The standard InChI is InChI=1S/C7H13NO2S2/c1-12(9,10)7(6(8)11)4-2-3-5-7/h2-5H2,1H3,(H2,8,11). The van der Waals surface area contributed by atoms with E-state index in [9.17, 15) is 8.42 Å². The zero-order chi connectivity index (χ0) is 9.41. The summed E-state index contributed by atoms with van der Waals surface area (Å²) >= 11 is 4.81. The van der Waals surface area contributed by atoms with Crippen LogP contribution in [0.4, 0.5) is 0 Å². The first-order valence-electron chi connectivity index (χ1n) is 3.90. The van der Waals surface area contributed by atoms with Gasteiger partial charge in [0.2, 0.25) is 0 Å². The second-order valence-corrected chi connectivity index (χ2v) is 6.10. The second-order valence-electron chi connectivity index (χ2n) is 3.34. The van der Waals surface area contributed by atoms with Crippen molar-refractivity contribution in [1.82, 2.24) is 0 Å². The predicted octanol–water partition coefficient (Wildman–Crippen LogP) is 0.630. The van der Waals surface area contributed by atoms with E-state index in [1.54, 1.807) is 0 Å². The van der Waals surface area contributed by atoms with E-state index < -0.39 is 14.6 Å². The van der Waals surface area contributed by atoms with Gasteiger partial charge in [-0.25, -0.2) is 8.42 Å². The lowest BCUT2D eigenvalue weighted by molar-refractivity contribution is 0.570. The summed E-state index contributed by atoms with van der Waals surface area (Å²) in [5.74, 6) is 0. The third-order valence-electron chi connectivity index (χ3n) is 2.57. The average Bonchev–Trinajstić information content (AvgIpc) is 2.31. The highest BCUT2D eigenvalue weighted by Gasteiger charge is 2.45. The van der Waals surface area contributed by atoms with Gasteiger partial charge < -0.3 is 5.73 Å². The maximum atomic E-state index is 11.4. The van der Waals surface area contributed by atoms with Crippen LogP contribution in [0.25, 0.3) is 0 Å². The van der Waals surface area contributed by atoms with Crippen molar-refractivity contribution in [2.24, 2.45) is 5.73 Å². The number of hydrogen-bond donors (Lipinski definition) is 1. The highest BCUT2D eigenvalue weighted by molar-refractivity contribution is 7.94. The predicted molar refractivity (Wildman–Crippen MR) is 52.8 cm³/mol. The van der Waals surface area contributed by atoms with Gasteiger partial charge in [-0.15, -0.1) is 0 Å². The van der Waals surface area contributed by atoms with Crippen LogP contribution in [0.2, 0.25) is 0 Å². The maximum Gasteiger partial charge on any atom is 0.159 e. The molecule has 1 fully saturated rings. The Balaban J connectivity index is 3.12. The molecule has 3 nitrogen and oxygen atoms in total. The molecule has 0 aromatic heterocycles. The molecule has 0 aromatic carbocycles. The fourth-order valence-electron chi connectivity index (χ4n) is 1.75. The minimum absolute atomic E-state index is 0.141. The molecule has 2 N–H and O–H groups in total. The Hall–Kier alpha value is -0.160. The van der Waals surface area contributed by atoms with Crippen molar-refractivity contribution < 1.29 is 8.42 Å². The van der Waals surface area contributed by atoms with Gasteiger partial charge in [-0.1, -0.05) is 25.1 Å². The average molecular weight is 207 g/mol. The molecule has 0 amide bonds. The van der Waals surface area contributed by atoms with E-state index in [1.165, 1.54) is 6.26 Å². The monoisotopic (exact) mass is 207 g/mol. The molecule has 0 atom stereocenters. The molecule has 1 aliphatic rings. The van der Waals surface area contributed by atoms with Gasteiger partial charge in [-0.2, -0.15) is 0 Å². The van der Waals surface area contributed by atoms with Crippen LogP contribution in [0.5, 0.6) is 0 Å². The first kappa shape index (κ1) is 9.92. The van der Waals surface area contributed by atoms with Crippen molar-refractivity contribution in [2.45, 2.75) is 30.4 Å². The Labute approximate surface area is 78.2 Å². The van der Waals surface area contributed by atoms with Crippen LogP contribution in [0.1, 0.15) is 25.7 Å². The maximum absolute atomic E-state index is 11.4. The van der Waals surface area contributed by atoms with E-state index in [4.69, 9.17) is 18.0 Å². The van der Waals surface area contributed by atoms with Crippen molar-refractivity contribution >= 4 is 27.0 Å². The minimum atomic E-state index is -3.13. The molecular weight excluding hydrogens is 194 g/mol. The fraction of sp³-hybridized carbons (Fsp3) is 0.857. The molecule has 0 heterocycles. The lowest BCUT2D eigenvalue weighted by Gasteiger charge is -2.24. The summed E-state index contributed by atoms with van der Waals surface area (Å²) in [5, 5.41) is 0. The second kappa shape index (κ2) is 2.96. The molecule has 5 heteroatoms. The summed E-state index contributed by atoms with van der Waals surface area (Å²) in [6, 6.07) is 0. The highest BCUT2D eigenvalue weighted by atomic mass is 32.2. The van der Waals surface area contributed by atoms with E-state index in [0.717, 1.165) is 12.8 Å². The molecule has 1 rings (SSSR count). The van der Waals surface area contributed by atoms with Crippen LogP contribution in [-0.4, -0.2) is 24.4 Å². The number of thiocarbonyl (C=S) groups is 1. The summed E-state index contributed by atoms with van der Waals surface area (Å²) in [5.41, 5.74) is 5.47. The van der Waals surface area contributed by atoms with Gasteiger partial charge in [0.15, 0.2) is 9.84 Å². The van der Waals surface area contributed by atoms with Gasteiger partial charge in [-0.05, 0) is 12.8 Å². The van der Waals surface area contributed by atoms with Crippen molar-refractivity contribution in [2.75, 3.05) is 6.26 Å². The topological polar surface area (TPSA) is 60.2 Å². The Kier molecular flexibility index (Phi) is 2.45. The number of hydrogen-bond acceptors (Lipinski definition) is 3. The zero-order valence-corrected chi connectivity index (χ0v) is 8.67. The summed E-state index contributed by atoms with van der Waals surface area (Å²) in [4.78, 5) is 0.141. The summed E-state index contributed by atoms with van der Waals surface area (Å²) < 4.78 is 22.0. The van der Waals surface area contributed by atoms with Crippen LogP contribution in [0.15, 0.2) is 0 Å². The van der Waals surface area contributed by atoms with Crippen LogP contribution < -0.4 is 5.73 Å². The normalized spacial score (nSPS) is 22.4. The molecule has 0 aromatic rings. The van der Waals surface area contributed by atoms with E-state index >= 15 is 0 Å². The molecule has 0 spiro atoms. The minimum Gasteiger partial charge on any atom is -0.392 e. The molecule has 0 saturated heterocycles. The molecule has 70 valence electrons. The van der Waals surface area contributed by atoms with Gasteiger partial charge >= 0.3 is 0 Å². The molecule has 0 radical (unpaired) electrons. The number of nitrogens with two attached hydrogens (primary N) is 1. The van der Waals surface area contributed by atoms with Crippen LogP contribution in [0.3, 0.4) is 0 Å². The Morgan fingerprint density at radius 2 is 1.83 bits per heavy atom. The van der Waals surface area contributed by atoms with E-state index in [2.05, 4.69) is 0 Å². The first-order valence-corrected chi connectivity index (χ1v) is 6.20.